The molecule has 2 aromatic carbocycles. The molecule has 1 aliphatic heterocycles. The predicted octanol–water partition coefficient (Wildman–Crippen LogP) is 0.369. The first kappa shape index (κ1) is 20.5. The van der Waals surface area contributed by atoms with E-state index in [1.807, 2.05) is 0 Å². The topological polar surface area (TPSA) is 27.9 Å². The summed E-state index contributed by atoms with van der Waals surface area (Å²) < 4.78 is 0. The summed E-state index contributed by atoms with van der Waals surface area (Å²) in [5, 5.41) is 9.96. The zero-order valence-electron chi connectivity index (χ0n) is 16.6. The van der Waals surface area contributed by atoms with Crippen LogP contribution in [-0.2, 0) is 0 Å². The van der Waals surface area contributed by atoms with Gasteiger partial charge < -0.3 is 17.5 Å². The van der Waals surface area contributed by atoms with Gasteiger partial charge in [0.1, 0.15) is 17.6 Å². The van der Waals surface area contributed by atoms with Crippen molar-refractivity contribution in [1.82, 2.24) is 0 Å². The monoisotopic (exact) mass is 372 g/mol. The van der Waals surface area contributed by atoms with Gasteiger partial charge in [0.15, 0.2) is 6.67 Å². The van der Waals surface area contributed by atoms with E-state index < -0.39 is 0 Å². The molecular formula is C22H29ClN2O. The Kier molecular flexibility index (Phi) is 6.17. The molecule has 0 spiro atoms. The molecule has 140 valence electrons. The van der Waals surface area contributed by atoms with Crippen LogP contribution in [-0.4, -0.2) is 18.4 Å². The van der Waals surface area contributed by atoms with Crippen LogP contribution in [0.1, 0.15) is 33.4 Å². The zero-order chi connectivity index (χ0) is 18.3. The van der Waals surface area contributed by atoms with Crippen LogP contribution in [0.4, 0.5) is 11.4 Å². The minimum Gasteiger partial charge on any atom is -1.00 e. The Labute approximate surface area is 163 Å². The minimum atomic E-state index is 0. The van der Waals surface area contributed by atoms with Crippen LogP contribution < -0.4 is 22.2 Å². The second kappa shape index (κ2) is 7.83. The Hall–Kier alpha value is -1.81. The summed E-state index contributed by atoms with van der Waals surface area (Å²) >= 11 is 0. The quantitative estimate of drug-likeness (QED) is 0.814. The van der Waals surface area contributed by atoms with Crippen LogP contribution >= 0.6 is 0 Å². The number of nitrogens with zero attached hydrogens (tertiary/aromatic N) is 1. The lowest BCUT2D eigenvalue weighted by Crippen LogP contribution is -3.02. The van der Waals surface area contributed by atoms with Crippen molar-refractivity contribution in [2.45, 2.75) is 41.5 Å². The number of aliphatic hydroxyl groups excluding tert-OH is 1. The molecule has 4 heteroatoms. The zero-order valence-corrected chi connectivity index (χ0v) is 17.3. The summed E-state index contributed by atoms with van der Waals surface area (Å²) in [5.74, 6) is 0. The summed E-state index contributed by atoms with van der Waals surface area (Å²) in [6, 6.07) is 8.93. The number of hydrogen-bond donors (Lipinski definition) is 2. The number of nitrogens with one attached hydrogen (secondary N) is 1. The summed E-state index contributed by atoms with van der Waals surface area (Å²) in [7, 11) is 0. The van der Waals surface area contributed by atoms with E-state index in [0.717, 1.165) is 12.4 Å². The molecule has 2 aromatic rings. The van der Waals surface area contributed by atoms with Gasteiger partial charge in [0.2, 0.25) is 0 Å². The molecule has 1 heterocycles. The van der Waals surface area contributed by atoms with Gasteiger partial charge in [-0.15, -0.1) is 0 Å². The Balaban J connectivity index is 0.00000243. The molecule has 0 fully saturated rings. The molecule has 1 unspecified atom stereocenters. The highest BCUT2D eigenvalue weighted by atomic mass is 35.5. The molecule has 1 aliphatic rings. The Bertz CT molecular complexity index is 811. The Morgan fingerprint density at radius 2 is 1.31 bits per heavy atom. The van der Waals surface area contributed by atoms with E-state index >= 15 is 0 Å². The molecular weight excluding hydrogens is 344 g/mol. The maximum atomic E-state index is 9.96. The normalized spacial score (nSPS) is 16.5. The highest BCUT2D eigenvalue weighted by molar-refractivity contribution is 5.64. The molecule has 26 heavy (non-hydrogen) atoms. The van der Waals surface area contributed by atoms with Crippen LogP contribution in [0.15, 0.2) is 36.2 Å². The van der Waals surface area contributed by atoms with E-state index in [1.54, 1.807) is 0 Å². The van der Waals surface area contributed by atoms with Crippen LogP contribution in [0.2, 0.25) is 0 Å². The first-order valence-electron chi connectivity index (χ1n) is 8.92. The number of anilines is 1. The second-order valence-corrected chi connectivity index (χ2v) is 7.43. The van der Waals surface area contributed by atoms with Crippen LogP contribution in [0.25, 0.3) is 0 Å². The molecule has 0 saturated heterocycles. The van der Waals surface area contributed by atoms with Crippen molar-refractivity contribution in [3.05, 3.63) is 69.5 Å². The van der Waals surface area contributed by atoms with Gasteiger partial charge in [-0.3, -0.25) is 9.80 Å². The molecule has 0 radical (unpaired) electrons. The lowest BCUT2D eigenvalue weighted by molar-refractivity contribution is -0.768. The van der Waals surface area contributed by atoms with E-state index in [-0.39, 0.29) is 19.0 Å². The van der Waals surface area contributed by atoms with Crippen molar-refractivity contribution in [2.24, 2.45) is 0 Å². The standard InChI is InChI=1S/C22H28N2O.ClH/c1-14-7-16(3)21(17(4)8-14)23-11-20(12-25)24(13-23)22-18(5)9-15(2)10-19(22)6;/h7-11,25H,12-13H2,1-6H3;1H. The van der Waals surface area contributed by atoms with Gasteiger partial charge in [-0.2, -0.15) is 0 Å². The molecule has 0 amide bonds. The van der Waals surface area contributed by atoms with Gasteiger partial charge >= 0.3 is 0 Å². The van der Waals surface area contributed by atoms with Crippen molar-refractivity contribution in [1.29, 1.82) is 0 Å². The summed E-state index contributed by atoms with van der Waals surface area (Å²) in [5.41, 5.74) is 11.2. The van der Waals surface area contributed by atoms with Crippen LogP contribution in [0.5, 0.6) is 0 Å². The van der Waals surface area contributed by atoms with Crippen LogP contribution in [0, 0.1) is 41.5 Å². The average molecular weight is 373 g/mol. The predicted molar refractivity (Wildman–Crippen MR) is 104 cm³/mol. The first-order valence-corrected chi connectivity index (χ1v) is 8.92. The molecule has 0 bridgehead atoms. The average Bonchev–Trinajstić information content (AvgIpc) is 2.88. The van der Waals surface area contributed by atoms with Crippen molar-refractivity contribution in [3.63, 3.8) is 0 Å². The van der Waals surface area contributed by atoms with Crippen LogP contribution in [0.3, 0.4) is 0 Å². The maximum absolute atomic E-state index is 9.96. The molecule has 1 atom stereocenters. The van der Waals surface area contributed by atoms with Crippen molar-refractivity contribution >= 4 is 11.4 Å². The van der Waals surface area contributed by atoms with E-state index in [1.165, 1.54) is 49.7 Å². The lowest BCUT2D eigenvalue weighted by atomic mass is 10.0. The first-order chi connectivity index (χ1) is 11.8. The fourth-order valence-electron chi connectivity index (χ4n) is 4.39. The fraction of sp³-hybridized carbons (Fsp3) is 0.364. The second-order valence-electron chi connectivity index (χ2n) is 7.43. The third kappa shape index (κ3) is 3.66. The van der Waals surface area contributed by atoms with Gasteiger partial charge in [-0.25, -0.2) is 0 Å². The van der Waals surface area contributed by atoms with E-state index in [2.05, 4.69) is 76.9 Å². The lowest BCUT2D eigenvalue weighted by Gasteiger charge is -2.25. The molecule has 0 saturated carbocycles. The summed E-state index contributed by atoms with van der Waals surface area (Å²) in [6.45, 7) is 13.8. The molecule has 2 N–H and O–H groups in total. The SMILES string of the molecule is Cc1cc(C)c(N2C[NH+](c3c(C)cc(C)cc3C)C=C2CO)c(C)c1.[Cl-]. The molecule has 0 aliphatic carbocycles. The number of halogens is 1. The van der Waals surface area contributed by atoms with E-state index in [9.17, 15) is 5.11 Å². The smallest absolute Gasteiger partial charge is 0.166 e. The molecule has 0 aromatic heterocycles. The number of aryl methyl sites for hydroxylation is 6. The Morgan fingerprint density at radius 3 is 1.77 bits per heavy atom. The number of hydrogen-bond acceptors (Lipinski definition) is 2. The van der Waals surface area contributed by atoms with Crippen molar-refractivity contribution in [2.75, 3.05) is 18.2 Å². The minimum absolute atomic E-state index is 0. The van der Waals surface area contributed by atoms with E-state index in [0.29, 0.717) is 0 Å². The van der Waals surface area contributed by atoms with Gasteiger partial charge in [0.05, 0.1) is 12.3 Å². The van der Waals surface area contributed by atoms with Gasteiger partial charge in [0.25, 0.3) is 0 Å². The highest BCUT2D eigenvalue weighted by Gasteiger charge is 2.31. The third-order valence-corrected chi connectivity index (χ3v) is 5.08. The summed E-state index contributed by atoms with van der Waals surface area (Å²) in [6.07, 6.45) is 2.17. The fourth-order valence-corrected chi connectivity index (χ4v) is 4.39. The van der Waals surface area contributed by atoms with Crippen molar-refractivity contribution < 1.29 is 22.4 Å². The van der Waals surface area contributed by atoms with Gasteiger partial charge in [-0.05, 0) is 52.7 Å². The number of aliphatic hydroxyl groups is 1. The van der Waals surface area contributed by atoms with Crippen molar-refractivity contribution in [3.8, 4) is 0 Å². The molecule has 3 nitrogen and oxygen atoms in total. The van der Waals surface area contributed by atoms with E-state index in [4.69, 9.17) is 0 Å². The largest absolute Gasteiger partial charge is 1.00 e. The molecule has 3 rings (SSSR count). The summed E-state index contributed by atoms with van der Waals surface area (Å²) in [4.78, 5) is 3.57. The number of benzene rings is 2. The highest BCUT2D eigenvalue weighted by Crippen LogP contribution is 2.30. The van der Waals surface area contributed by atoms with Gasteiger partial charge in [-0.1, -0.05) is 35.4 Å². The number of rotatable bonds is 3. The maximum Gasteiger partial charge on any atom is 0.166 e. The van der Waals surface area contributed by atoms with Gasteiger partial charge in [0, 0.05) is 11.1 Å². The number of quaternary nitrogens is 1. The third-order valence-electron chi connectivity index (χ3n) is 5.08. The Morgan fingerprint density at radius 1 is 0.846 bits per heavy atom.